The average Bonchev–Trinajstić information content (AvgIpc) is 2.88. The quantitative estimate of drug-likeness (QED) is 0.237. The number of nitro groups is 1. The fourth-order valence-electron chi connectivity index (χ4n) is 3.97. The maximum atomic E-state index is 13.7. The highest BCUT2D eigenvalue weighted by atomic mass is 79.9. The first-order valence-electron chi connectivity index (χ1n) is 12.3. The summed E-state index contributed by atoms with van der Waals surface area (Å²) in [6.07, 6.45) is 0.299. The van der Waals surface area contributed by atoms with Crippen LogP contribution in [0.25, 0.3) is 0 Å². The van der Waals surface area contributed by atoms with Crippen molar-refractivity contribution in [2.24, 2.45) is 0 Å². The van der Waals surface area contributed by atoms with Gasteiger partial charge >= 0.3 is 5.69 Å². The Balaban J connectivity index is 1.94. The number of nitro benzene ring substituents is 1. The molecule has 2 amide bonds. The molecule has 0 bridgehead atoms. The number of methoxy groups -OCH3 is 1. The van der Waals surface area contributed by atoms with Crippen molar-refractivity contribution in [2.45, 2.75) is 45.3 Å². The highest BCUT2D eigenvalue weighted by Crippen LogP contribution is 2.31. The van der Waals surface area contributed by atoms with E-state index >= 15 is 0 Å². The first-order valence-corrected chi connectivity index (χ1v) is 13.1. The predicted molar refractivity (Wildman–Crippen MR) is 152 cm³/mol. The molecule has 10 heteroatoms. The molecule has 0 aliphatic heterocycles. The van der Waals surface area contributed by atoms with E-state index in [-0.39, 0.29) is 36.2 Å². The molecule has 3 rings (SSSR count). The summed E-state index contributed by atoms with van der Waals surface area (Å²) >= 11 is 3.47. The summed E-state index contributed by atoms with van der Waals surface area (Å²) in [7, 11) is 1.32. The molecule has 0 aromatic heterocycles. The summed E-state index contributed by atoms with van der Waals surface area (Å²) in [6.45, 7) is 5.44. The second kappa shape index (κ2) is 13.2. The molecule has 39 heavy (non-hydrogen) atoms. The predicted octanol–water partition coefficient (Wildman–Crippen LogP) is 5.30. The Kier molecular flexibility index (Phi) is 10.1. The van der Waals surface area contributed by atoms with Crippen molar-refractivity contribution in [3.63, 3.8) is 0 Å². The lowest BCUT2D eigenvalue weighted by molar-refractivity contribution is -0.385. The van der Waals surface area contributed by atoms with Crippen LogP contribution in [0.2, 0.25) is 0 Å². The van der Waals surface area contributed by atoms with Crippen molar-refractivity contribution in [1.29, 1.82) is 0 Å². The molecule has 1 N–H and O–H groups in total. The number of halogens is 1. The van der Waals surface area contributed by atoms with Crippen LogP contribution >= 0.6 is 15.9 Å². The molecule has 1 atom stereocenters. The van der Waals surface area contributed by atoms with Crippen molar-refractivity contribution in [2.75, 3.05) is 13.7 Å². The summed E-state index contributed by atoms with van der Waals surface area (Å²) in [5, 5.41) is 14.2. The van der Waals surface area contributed by atoms with Crippen LogP contribution < -0.4 is 14.8 Å². The summed E-state index contributed by atoms with van der Waals surface area (Å²) < 4.78 is 11.7. The van der Waals surface area contributed by atoms with Gasteiger partial charge in [-0.1, -0.05) is 58.4 Å². The molecular weight excluding hydrogens is 566 g/mol. The Morgan fingerprint density at radius 1 is 1.03 bits per heavy atom. The topological polar surface area (TPSA) is 111 Å². The molecule has 0 saturated heterocycles. The van der Waals surface area contributed by atoms with E-state index in [9.17, 15) is 19.7 Å². The third kappa shape index (κ3) is 8.81. The zero-order valence-corrected chi connectivity index (χ0v) is 23.9. The minimum absolute atomic E-state index is 0.0162. The monoisotopic (exact) mass is 597 g/mol. The normalized spacial score (nSPS) is 11.8. The van der Waals surface area contributed by atoms with Gasteiger partial charge in [0.05, 0.1) is 12.0 Å². The van der Waals surface area contributed by atoms with Gasteiger partial charge in [-0.25, -0.2) is 0 Å². The van der Waals surface area contributed by atoms with E-state index in [4.69, 9.17) is 9.47 Å². The fraction of sp³-hybridized carbons (Fsp3) is 0.310. The largest absolute Gasteiger partial charge is 0.490 e. The van der Waals surface area contributed by atoms with Crippen LogP contribution in [0, 0.1) is 10.1 Å². The fourth-order valence-corrected chi connectivity index (χ4v) is 4.41. The van der Waals surface area contributed by atoms with E-state index < -0.39 is 22.4 Å². The molecule has 0 heterocycles. The van der Waals surface area contributed by atoms with Gasteiger partial charge in [-0.3, -0.25) is 19.7 Å². The minimum atomic E-state index is -0.826. The Bertz CT molecular complexity index is 1310. The average molecular weight is 598 g/mol. The number of benzene rings is 3. The summed E-state index contributed by atoms with van der Waals surface area (Å²) in [5.74, 6) is -0.460. The summed E-state index contributed by atoms with van der Waals surface area (Å²) in [6, 6.07) is 20.2. The maximum Gasteiger partial charge on any atom is 0.311 e. The molecule has 206 valence electrons. The molecular formula is C29H32BrN3O6. The number of amides is 2. The first kappa shape index (κ1) is 29.6. The van der Waals surface area contributed by atoms with E-state index in [0.29, 0.717) is 6.42 Å². The zero-order chi connectivity index (χ0) is 28.6. The molecule has 0 fully saturated rings. The van der Waals surface area contributed by atoms with Crippen LogP contribution in [0.5, 0.6) is 11.5 Å². The number of hydrogen-bond acceptors (Lipinski definition) is 6. The van der Waals surface area contributed by atoms with Crippen LogP contribution in [0.4, 0.5) is 5.69 Å². The number of hydrogen-bond donors (Lipinski definition) is 1. The molecule has 3 aromatic rings. The van der Waals surface area contributed by atoms with Gasteiger partial charge in [0, 0.05) is 35.1 Å². The molecule has 0 aliphatic rings. The van der Waals surface area contributed by atoms with Gasteiger partial charge in [0.15, 0.2) is 6.61 Å². The number of nitrogens with zero attached hydrogens (tertiary/aromatic N) is 2. The minimum Gasteiger partial charge on any atom is -0.490 e. The van der Waals surface area contributed by atoms with Crippen molar-refractivity contribution < 1.29 is 24.0 Å². The van der Waals surface area contributed by atoms with Crippen molar-refractivity contribution in [3.05, 3.63) is 98.5 Å². The Morgan fingerprint density at radius 3 is 2.33 bits per heavy atom. The van der Waals surface area contributed by atoms with Gasteiger partial charge < -0.3 is 19.7 Å². The molecule has 1 unspecified atom stereocenters. The van der Waals surface area contributed by atoms with Gasteiger partial charge in [-0.15, -0.1) is 0 Å². The third-order valence-electron chi connectivity index (χ3n) is 5.72. The number of carbonyl (C=O) groups excluding carboxylic acids is 2. The van der Waals surface area contributed by atoms with E-state index in [2.05, 4.69) is 21.2 Å². The first-order chi connectivity index (χ1) is 18.5. The van der Waals surface area contributed by atoms with E-state index in [0.717, 1.165) is 15.6 Å². The molecule has 3 aromatic carbocycles. The summed E-state index contributed by atoms with van der Waals surface area (Å²) in [5.41, 5.74) is 1.01. The third-order valence-corrected chi connectivity index (χ3v) is 6.21. The van der Waals surface area contributed by atoms with Gasteiger partial charge in [-0.05, 0) is 50.1 Å². The highest BCUT2D eigenvalue weighted by molar-refractivity contribution is 9.10. The smallest absolute Gasteiger partial charge is 0.311 e. The van der Waals surface area contributed by atoms with Crippen molar-refractivity contribution in [3.8, 4) is 11.5 Å². The SMILES string of the molecule is COc1cc(OCC(=O)N(Cc2cccc(Br)c2)C(Cc2ccccc2)C(=O)NC(C)(C)C)ccc1[N+](=O)[O-]. The van der Waals surface area contributed by atoms with Gasteiger partial charge in [-0.2, -0.15) is 0 Å². The van der Waals surface area contributed by atoms with E-state index in [1.807, 2.05) is 75.4 Å². The maximum absolute atomic E-state index is 13.7. The van der Waals surface area contributed by atoms with Crippen LogP contribution in [-0.4, -0.2) is 46.9 Å². The number of rotatable bonds is 11. The van der Waals surface area contributed by atoms with E-state index in [1.54, 1.807) is 0 Å². The lowest BCUT2D eigenvalue weighted by Crippen LogP contribution is -2.55. The second-order valence-corrected chi connectivity index (χ2v) is 10.9. The lowest BCUT2D eigenvalue weighted by atomic mass is 10.0. The molecule has 9 nitrogen and oxygen atoms in total. The summed E-state index contributed by atoms with van der Waals surface area (Å²) in [4.78, 5) is 39.5. The standard InChI is InChI=1S/C29H32BrN3O6/c1-29(2,3)31-28(35)25(16-20-9-6-5-7-10-20)32(18-21-11-8-12-22(30)15-21)27(34)19-39-23-13-14-24(33(36)37)26(17-23)38-4/h5-15,17,25H,16,18-19H2,1-4H3,(H,31,35). The van der Waals surface area contributed by atoms with Gasteiger partial charge in [0.25, 0.3) is 5.91 Å². The number of ether oxygens (including phenoxy) is 2. The van der Waals surface area contributed by atoms with Gasteiger partial charge in [0.1, 0.15) is 11.8 Å². The van der Waals surface area contributed by atoms with Crippen LogP contribution in [0.1, 0.15) is 31.9 Å². The van der Waals surface area contributed by atoms with Crippen molar-refractivity contribution >= 4 is 33.4 Å². The van der Waals surface area contributed by atoms with E-state index in [1.165, 1.54) is 30.2 Å². The Hall–Kier alpha value is -3.92. The Labute approximate surface area is 236 Å². The number of carbonyl (C=O) groups is 2. The molecule has 0 radical (unpaired) electrons. The van der Waals surface area contributed by atoms with Crippen LogP contribution in [0.15, 0.2) is 77.3 Å². The second-order valence-electron chi connectivity index (χ2n) is 9.98. The molecule has 0 aliphatic carbocycles. The number of nitrogens with one attached hydrogen (secondary N) is 1. The van der Waals surface area contributed by atoms with Crippen molar-refractivity contribution in [1.82, 2.24) is 10.2 Å². The zero-order valence-electron chi connectivity index (χ0n) is 22.3. The Morgan fingerprint density at radius 2 is 1.72 bits per heavy atom. The highest BCUT2D eigenvalue weighted by Gasteiger charge is 2.32. The van der Waals surface area contributed by atoms with Crippen LogP contribution in [0.3, 0.4) is 0 Å². The molecule has 0 saturated carbocycles. The van der Waals surface area contributed by atoms with Crippen LogP contribution in [-0.2, 0) is 22.6 Å². The molecule has 0 spiro atoms. The van der Waals surface area contributed by atoms with Gasteiger partial charge in [0.2, 0.25) is 11.7 Å². The lowest BCUT2D eigenvalue weighted by Gasteiger charge is -2.33.